The lowest BCUT2D eigenvalue weighted by Crippen LogP contribution is -2.43. The third-order valence-electron chi connectivity index (χ3n) is 4.65. The summed E-state index contributed by atoms with van der Waals surface area (Å²) in [6, 6.07) is 0. The predicted molar refractivity (Wildman–Crippen MR) is 74.5 cm³/mol. The molecule has 0 bridgehead atoms. The number of rotatable bonds is 3. The number of hydrogen-bond donors (Lipinski definition) is 1. The lowest BCUT2D eigenvalue weighted by Gasteiger charge is -2.37. The molecular weight excluding hydrogens is 274 g/mol. The highest BCUT2D eigenvalue weighted by atomic mass is 16.6. The summed E-state index contributed by atoms with van der Waals surface area (Å²) in [6.07, 6.45) is 2.31. The number of carbonyl (C=O) groups is 2. The molecule has 7 heteroatoms. The van der Waals surface area contributed by atoms with Gasteiger partial charge in [0, 0.05) is 20.6 Å². The summed E-state index contributed by atoms with van der Waals surface area (Å²) in [4.78, 5) is 32.7. The molecule has 1 saturated heterocycles. The Kier molecular flexibility index (Phi) is 3.39. The van der Waals surface area contributed by atoms with Crippen LogP contribution in [-0.4, -0.2) is 71.3 Å². The smallest absolute Gasteiger partial charge is 0.271 e. The number of aliphatic hydroxyl groups is 1. The molecule has 2 aliphatic heterocycles. The average Bonchev–Trinajstić information content (AvgIpc) is 2.95. The van der Waals surface area contributed by atoms with Crippen molar-refractivity contribution in [3.63, 3.8) is 0 Å². The molecule has 21 heavy (non-hydrogen) atoms. The molecule has 0 radical (unpaired) electrons. The largest absolute Gasteiger partial charge is 0.389 e. The zero-order valence-corrected chi connectivity index (χ0v) is 12.4. The third-order valence-corrected chi connectivity index (χ3v) is 4.65. The average molecular weight is 295 g/mol. The zero-order chi connectivity index (χ0) is 15.2. The van der Waals surface area contributed by atoms with Gasteiger partial charge in [0.25, 0.3) is 5.91 Å². The summed E-state index contributed by atoms with van der Waals surface area (Å²) in [5, 5.41) is 14.0. The maximum absolute atomic E-state index is 12.3. The van der Waals surface area contributed by atoms with E-state index >= 15 is 0 Å². The highest BCUT2D eigenvalue weighted by molar-refractivity contribution is 6.40. The standard InChI is InChI=1S/C14H21N3O4/c1-16(2)13(19)12-9-7-17(8-10(9)21-15-12)11(18)6-14(20)4-3-5-14/h9-10,20H,3-8H2,1-2H3/t9-,10+/m0/s1. The molecule has 1 N–H and O–H groups in total. The molecule has 0 unspecified atom stereocenters. The Balaban J connectivity index is 1.62. The van der Waals surface area contributed by atoms with E-state index in [2.05, 4.69) is 5.16 Å². The van der Waals surface area contributed by atoms with Crippen LogP contribution < -0.4 is 0 Å². The lowest BCUT2D eigenvalue weighted by molar-refractivity contribution is -0.140. The molecule has 116 valence electrons. The Morgan fingerprint density at radius 1 is 1.43 bits per heavy atom. The number of fused-ring (bicyclic) bond motifs is 1. The van der Waals surface area contributed by atoms with Crippen LogP contribution >= 0.6 is 0 Å². The monoisotopic (exact) mass is 295 g/mol. The first-order valence-electron chi connectivity index (χ1n) is 7.35. The molecule has 2 atom stereocenters. The minimum Gasteiger partial charge on any atom is -0.389 e. The van der Waals surface area contributed by atoms with E-state index in [0.717, 1.165) is 6.42 Å². The molecule has 3 aliphatic rings. The first-order chi connectivity index (χ1) is 9.89. The first-order valence-corrected chi connectivity index (χ1v) is 7.35. The van der Waals surface area contributed by atoms with Gasteiger partial charge in [0.05, 0.1) is 24.5 Å². The van der Waals surface area contributed by atoms with E-state index in [-0.39, 0.29) is 30.3 Å². The maximum Gasteiger partial charge on any atom is 0.271 e. The van der Waals surface area contributed by atoms with Gasteiger partial charge in [-0.05, 0) is 19.3 Å². The minimum absolute atomic E-state index is 0.0631. The first kappa shape index (κ1) is 14.3. The van der Waals surface area contributed by atoms with Gasteiger partial charge >= 0.3 is 0 Å². The molecule has 0 aromatic heterocycles. The van der Waals surface area contributed by atoms with Crippen LogP contribution in [0.15, 0.2) is 5.16 Å². The Bertz CT molecular complexity index is 498. The lowest BCUT2D eigenvalue weighted by atomic mass is 9.77. The number of hydrogen-bond acceptors (Lipinski definition) is 5. The zero-order valence-electron chi connectivity index (χ0n) is 12.4. The Hall–Kier alpha value is -1.63. The van der Waals surface area contributed by atoms with E-state index in [1.54, 1.807) is 19.0 Å². The van der Waals surface area contributed by atoms with Crippen molar-refractivity contribution in [1.82, 2.24) is 9.80 Å². The van der Waals surface area contributed by atoms with Crippen molar-refractivity contribution in [2.45, 2.75) is 37.4 Å². The predicted octanol–water partition coefficient (Wildman–Crippen LogP) is -0.407. The van der Waals surface area contributed by atoms with E-state index in [1.165, 1.54) is 4.90 Å². The molecule has 2 fully saturated rings. The van der Waals surface area contributed by atoms with Crippen molar-refractivity contribution in [3.8, 4) is 0 Å². The highest BCUT2D eigenvalue weighted by Crippen LogP contribution is 2.36. The van der Waals surface area contributed by atoms with Gasteiger partial charge in [-0.25, -0.2) is 0 Å². The van der Waals surface area contributed by atoms with Gasteiger partial charge in [-0.1, -0.05) is 5.16 Å². The second-order valence-electron chi connectivity index (χ2n) is 6.48. The van der Waals surface area contributed by atoms with E-state index < -0.39 is 5.60 Å². The summed E-state index contributed by atoms with van der Waals surface area (Å²) >= 11 is 0. The van der Waals surface area contributed by atoms with Crippen LogP contribution in [0.3, 0.4) is 0 Å². The van der Waals surface area contributed by atoms with Gasteiger partial charge in [0.1, 0.15) is 0 Å². The molecule has 2 amide bonds. The normalized spacial score (nSPS) is 29.3. The van der Waals surface area contributed by atoms with Crippen LogP contribution in [0.2, 0.25) is 0 Å². The van der Waals surface area contributed by atoms with Crippen molar-refractivity contribution in [2.75, 3.05) is 27.2 Å². The molecular formula is C14H21N3O4. The highest BCUT2D eigenvalue weighted by Gasteiger charge is 2.48. The van der Waals surface area contributed by atoms with E-state index in [0.29, 0.717) is 31.6 Å². The summed E-state index contributed by atoms with van der Waals surface area (Å²) in [7, 11) is 3.34. The van der Waals surface area contributed by atoms with Crippen LogP contribution in [0.4, 0.5) is 0 Å². The van der Waals surface area contributed by atoms with Gasteiger partial charge in [0.15, 0.2) is 11.8 Å². The Labute approximate surface area is 123 Å². The SMILES string of the molecule is CN(C)C(=O)C1=NO[C@@H]2CN(C(=O)CC3(O)CCC3)C[C@H]12. The van der Waals surface area contributed by atoms with E-state index in [4.69, 9.17) is 4.84 Å². The number of nitrogens with zero attached hydrogens (tertiary/aromatic N) is 3. The van der Waals surface area contributed by atoms with Crippen molar-refractivity contribution in [3.05, 3.63) is 0 Å². The van der Waals surface area contributed by atoms with Gasteiger partial charge in [-0.3, -0.25) is 9.59 Å². The van der Waals surface area contributed by atoms with Gasteiger partial charge < -0.3 is 19.7 Å². The molecule has 0 aromatic carbocycles. The molecule has 0 aromatic rings. The fraction of sp³-hybridized carbons (Fsp3) is 0.786. The van der Waals surface area contributed by atoms with Crippen molar-refractivity contribution in [2.24, 2.45) is 11.1 Å². The second kappa shape index (κ2) is 4.98. The fourth-order valence-corrected chi connectivity index (χ4v) is 3.12. The quantitative estimate of drug-likeness (QED) is 0.767. The van der Waals surface area contributed by atoms with Gasteiger partial charge in [-0.2, -0.15) is 0 Å². The van der Waals surface area contributed by atoms with Gasteiger partial charge in [-0.15, -0.1) is 0 Å². The molecule has 1 aliphatic carbocycles. The van der Waals surface area contributed by atoms with Crippen molar-refractivity contribution < 1.29 is 19.5 Å². The molecule has 3 rings (SSSR count). The number of amides is 2. The molecule has 1 saturated carbocycles. The van der Waals surface area contributed by atoms with E-state index in [9.17, 15) is 14.7 Å². The second-order valence-corrected chi connectivity index (χ2v) is 6.48. The number of oxime groups is 1. The topological polar surface area (TPSA) is 82.4 Å². The number of carbonyl (C=O) groups excluding carboxylic acids is 2. The van der Waals surface area contributed by atoms with Crippen molar-refractivity contribution >= 4 is 17.5 Å². The number of likely N-dealkylation sites (tertiary alicyclic amines) is 1. The van der Waals surface area contributed by atoms with Crippen LogP contribution in [-0.2, 0) is 14.4 Å². The molecule has 0 spiro atoms. The van der Waals surface area contributed by atoms with Crippen LogP contribution in [0.25, 0.3) is 0 Å². The van der Waals surface area contributed by atoms with Crippen molar-refractivity contribution in [1.29, 1.82) is 0 Å². The molecule has 2 heterocycles. The Morgan fingerprint density at radius 2 is 2.14 bits per heavy atom. The summed E-state index contributed by atoms with van der Waals surface area (Å²) in [5.74, 6) is -0.388. The maximum atomic E-state index is 12.3. The van der Waals surface area contributed by atoms with Crippen LogP contribution in [0.5, 0.6) is 0 Å². The summed E-state index contributed by atoms with van der Waals surface area (Å²) in [6.45, 7) is 0.880. The van der Waals surface area contributed by atoms with Crippen LogP contribution in [0.1, 0.15) is 25.7 Å². The van der Waals surface area contributed by atoms with E-state index in [1.807, 2.05) is 0 Å². The Morgan fingerprint density at radius 3 is 2.71 bits per heavy atom. The summed E-state index contributed by atoms with van der Waals surface area (Å²) in [5.41, 5.74) is -0.422. The van der Waals surface area contributed by atoms with Gasteiger partial charge in [0.2, 0.25) is 5.91 Å². The molecule has 7 nitrogen and oxygen atoms in total. The van der Waals surface area contributed by atoms with Crippen LogP contribution in [0, 0.1) is 5.92 Å². The third kappa shape index (κ3) is 2.50. The fourth-order valence-electron chi connectivity index (χ4n) is 3.12. The summed E-state index contributed by atoms with van der Waals surface area (Å²) < 4.78 is 0. The minimum atomic E-state index is -0.813.